The lowest BCUT2D eigenvalue weighted by Gasteiger charge is -2.08. The van der Waals surface area contributed by atoms with E-state index in [2.05, 4.69) is 36.4 Å². The number of nitrogens with one attached hydrogen (secondary N) is 1. The highest BCUT2D eigenvalue weighted by molar-refractivity contribution is 9.10. The van der Waals surface area contributed by atoms with Crippen molar-refractivity contribution >= 4 is 28.1 Å². The van der Waals surface area contributed by atoms with Gasteiger partial charge in [0, 0.05) is 27.2 Å². The summed E-state index contributed by atoms with van der Waals surface area (Å²) in [5, 5.41) is 23.4. The molecule has 0 fully saturated rings. The van der Waals surface area contributed by atoms with Crippen LogP contribution in [0.3, 0.4) is 0 Å². The Balaban J connectivity index is 1.68. The van der Waals surface area contributed by atoms with E-state index in [9.17, 15) is 10.2 Å². The van der Waals surface area contributed by atoms with Crippen LogP contribution in [0.5, 0.6) is 11.5 Å². The van der Waals surface area contributed by atoms with Crippen LogP contribution in [-0.2, 0) is 0 Å². The standard InChI is InChI=1S/C23H17BrN4O2/c24-18-9-6-16(7-10-18)21-13-20(15-4-2-1-3-5-15)26-23(27-21)28-25-14-17-8-11-19(29)12-22(17)30/h1-14,29-30H,(H,26,27,28)/b25-14-. The van der Waals surface area contributed by atoms with Gasteiger partial charge in [-0.25, -0.2) is 15.4 Å². The summed E-state index contributed by atoms with van der Waals surface area (Å²) in [6, 6.07) is 23.9. The molecule has 0 aliphatic rings. The van der Waals surface area contributed by atoms with Crippen LogP contribution in [-0.4, -0.2) is 26.4 Å². The van der Waals surface area contributed by atoms with Gasteiger partial charge >= 0.3 is 0 Å². The Morgan fingerprint density at radius 3 is 2.13 bits per heavy atom. The van der Waals surface area contributed by atoms with Gasteiger partial charge in [-0.1, -0.05) is 58.4 Å². The minimum atomic E-state index is -0.0740. The van der Waals surface area contributed by atoms with Gasteiger partial charge in [0.25, 0.3) is 0 Å². The molecule has 0 aliphatic heterocycles. The zero-order valence-electron chi connectivity index (χ0n) is 15.7. The maximum atomic E-state index is 9.88. The summed E-state index contributed by atoms with van der Waals surface area (Å²) in [7, 11) is 0. The molecule has 1 heterocycles. The molecule has 0 unspecified atom stereocenters. The van der Waals surface area contributed by atoms with Crippen molar-refractivity contribution in [1.29, 1.82) is 0 Å². The van der Waals surface area contributed by atoms with Crippen LogP contribution < -0.4 is 5.43 Å². The molecule has 0 saturated heterocycles. The number of nitrogens with zero attached hydrogens (tertiary/aromatic N) is 3. The largest absolute Gasteiger partial charge is 0.508 e. The fraction of sp³-hybridized carbons (Fsp3) is 0. The molecule has 30 heavy (non-hydrogen) atoms. The second-order valence-corrected chi connectivity index (χ2v) is 7.36. The van der Waals surface area contributed by atoms with Crippen molar-refractivity contribution in [1.82, 2.24) is 9.97 Å². The molecule has 0 bridgehead atoms. The highest BCUT2D eigenvalue weighted by Gasteiger charge is 2.08. The first-order valence-electron chi connectivity index (χ1n) is 9.10. The number of aromatic nitrogens is 2. The first-order valence-corrected chi connectivity index (χ1v) is 9.89. The molecule has 6 nitrogen and oxygen atoms in total. The van der Waals surface area contributed by atoms with Gasteiger partial charge in [0.05, 0.1) is 17.6 Å². The number of phenolic OH excluding ortho intramolecular Hbond substituents is 2. The second kappa shape index (κ2) is 8.75. The van der Waals surface area contributed by atoms with Crippen molar-refractivity contribution in [2.24, 2.45) is 5.10 Å². The molecule has 0 radical (unpaired) electrons. The maximum Gasteiger partial charge on any atom is 0.244 e. The van der Waals surface area contributed by atoms with Crippen LogP contribution in [0.1, 0.15) is 5.56 Å². The average Bonchev–Trinajstić information content (AvgIpc) is 2.76. The van der Waals surface area contributed by atoms with E-state index in [1.165, 1.54) is 18.3 Å². The van der Waals surface area contributed by atoms with Gasteiger partial charge in [-0.05, 0) is 30.3 Å². The third-order valence-electron chi connectivity index (χ3n) is 4.32. The van der Waals surface area contributed by atoms with Crippen LogP contribution >= 0.6 is 15.9 Å². The van der Waals surface area contributed by atoms with Crippen LogP contribution in [0.2, 0.25) is 0 Å². The van der Waals surface area contributed by atoms with Crippen molar-refractivity contribution in [3.05, 3.63) is 88.9 Å². The van der Waals surface area contributed by atoms with E-state index in [0.717, 1.165) is 27.0 Å². The van der Waals surface area contributed by atoms with Gasteiger partial charge in [0.15, 0.2) is 0 Å². The molecule has 0 aliphatic carbocycles. The quantitative estimate of drug-likeness (QED) is 0.272. The molecule has 7 heteroatoms. The minimum absolute atomic E-state index is 0.0179. The summed E-state index contributed by atoms with van der Waals surface area (Å²) in [5.74, 6) is 0.231. The summed E-state index contributed by atoms with van der Waals surface area (Å²) in [6.45, 7) is 0. The summed E-state index contributed by atoms with van der Waals surface area (Å²) in [4.78, 5) is 9.14. The molecule has 4 rings (SSSR count). The Morgan fingerprint density at radius 2 is 1.47 bits per heavy atom. The molecule has 1 aromatic heterocycles. The predicted octanol–water partition coefficient (Wildman–Crippen LogP) is 5.43. The Morgan fingerprint density at radius 1 is 0.800 bits per heavy atom. The molecule has 0 spiro atoms. The van der Waals surface area contributed by atoms with E-state index in [4.69, 9.17) is 0 Å². The molecule has 3 aromatic carbocycles. The van der Waals surface area contributed by atoms with E-state index >= 15 is 0 Å². The van der Waals surface area contributed by atoms with Gasteiger partial charge in [0.2, 0.25) is 5.95 Å². The average molecular weight is 461 g/mol. The number of anilines is 1. The van der Waals surface area contributed by atoms with Crippen molar-refractivity contribution in [3.63, 3.8) is 0 Å². The topological polar surface area (TPSA) is 90.6 Å². The lowest BCUT2D eigenvalue weighted by Crippen LogP contribution is -2.00. The molecular weight excluding hydrogens is 444 g/mol. The van der Waals surface area contributed by atoms with Gasteiger partial charge in [-0.15, -0.1) is 0 Å². The third-order valence-corrected chi connectivity index (χ3v) is 4.85. The van der Waals surface area contributed by atoms with Crippen molar-refractivity contribution in [2.45, 2.75) is 0 Å². The number of hydrogen-bond acceptors (Lipinski definition) is 6. The molecule has 148 valence electrons. The normalized spacial score (nSPS) is 11.0. The Bertz CT molecular complexity index is 1200. The van der Waals surface area contributed by atoms with Crippen LogP contribution in [0.4, 0.5) is 5.95 Å². The first-order chi connectivity index (χ1) is 14.6. The number of halogens is 1. The number of hydrogen-bond donors (Lipinski definition) is 3. The number of aromatic hydroxyl groups is 2. The van der Waals surface area contributed by atoms with Crippen molar-refractivity contribution < 1.29 is 10.2 Å². The SMILES string of the molecule is Oc1ccc(/C=N\Nc2nc(-c3ccccc3)cc(-c3ccc(Br)cc3)n2)c(O)c1. The lowest BCUT2D eigenvalue weighted by atomic mass is 10.1. The van der Waals surface area contributed by atoms with Gasteiger partial charge in [0.1, 0.15) is 11.5 Å². The zero-order valence-corrected chi connectivity index (χ0v) is 17.3. The first kappa shape index (κ1) is 19.6. The van der Waals surface area contributed by atoms with E-state index in [1.807, 2.05) is 60.7 Å². The van der Waals surface area contributed by atoms with Gasteiger partial charge in [-0.2, -0.15) is 5.10 Å². The second-order valence-electron chi connectivity index (χ2n) is 6.45. The number of phenols is 2. The third kappa shape index (κ3) is 4.64. The number of hydrazone groups is 1. The molecule has 0 amide bonds. The van der Waals surface area contributed by atoms with Crippen LogP contribution in [0, 0.1) is 0 Å². The van der Waals surface area contributed by atoms with E-state index in [1.54, 1.807) is 6.07 Å². The summed E-state index contributed by atoms with van der Waals surface area (Å²) in [6.07, 6.45) is 1.44. The Labute approximate surface area is 181 Å². The van der Waals surface area contributed by atoms with Crippen LogP contribution in [0.15, 0.2) is 88.4 Å². The fourth-order valence-corrected chi connectivity index (χ4v) is 3.09. The van der Waals surface area contributed by atoms with Gasteiger partial charge < -0.3 is 10.2 Å². The van der Waals surface area contributed by atoms with E-state index in [0.29, 0.717) is 11.5 Å². The van der Waals surface area contributed by atoms with Gasteiger partial charge in [-0.3, -0.25) is 0 Å². The Hall–Kier alpha value is -3.71. The number of benzene rings is 3. The van der Waals surface area contributed by atoms with Crippen molar-refractivity contribution in [2.75, 3.05) is 5.43 Å². The zero-order chi connectivity index (χ0) is 20.9. The van der Waals surface area contributed by atoms with Crippen LogP contribution in [0.25, 0.3) is 22.5 Å². The molecular formula is C23H17BrN4O2. The van der Waals surface area contributed by atoms with E-state index < -0.39 is 0 Å². The number of rotatable bonds is 5. The predicted molar refractivity (Wildman–Crippen MR) is 122 cm³/mol. The minimum Gasteiger partial charge on any atom is -0.508 e. The fourth-order valence-electron chi connectivity index (χ4n) is 2.82. The lowest BCUT2D eigenvalue weighted by molar-refractivity contribution is 0.450. The van der Waals surface area contributed by atoms with Crippen molar-refractivity contribution in [3.8, 4) is 34.0 Å². The monoisotopic (exact) mass is 460 g/mol. The summed E-state index contributed by atoms with van der Waals surface area (Å²) < 4.78 is 0.986. The maximum absolute atomic E-state index is 9.88. The smallest absolute Gasteiger partial charge is 0.244 e. The highest BCUT2D eigenvalue weighted by Crippen LogP contribution is 2.26. The molecule has 0 atom stereocenters. The summed E-state index contributed by atoms with van der Waals surface area (Å²) >= 11 is 3.45. The molecule has 4 aromatic rings. The van der Waals surface area contributed by atoms with E-state index in [-0.39, 0.29) is 11.5 Å². The molecule has 3 N–H and O–H groups in total. The molecule has 0 saturated carbocycles. The Kier molecular flexibility index (Phi) is 5.72. The summed E-state index contributed by atoms with van der Waals surface area (Å²) in [5.41, 5.74) is 6.70. The highest BCUT2D eigenvalue weighted by atomic mass is 79.9.